The first-order valence-electron chi connectivity index (χ1n) is 6.78. The number of esters is 1. The van der Waals surface area contributed by atoms with Gasteiger partial charge in [-0.05, 0) is 31.2 Å². The largest absolute Gasteiger partial charge is 0.421 e. The number of aryl methyl sites for hydroxylation is 1. The van der Waals surface area contributed by atoms with Crippen LogP contribution in [-0.4, -0.2) is 11.9 Å². The molecule has 1 amide bonds. The molecule has 0 fully saturated rings. The Morgan fingerprint density at radius 2 is 1.71 bits per heavy atom. The van der Waals surface area contributed by atoms with E-state index in [1.54, 1.807) is 43.3 Å². The lowest BCUT2D eigenvalue weighted by Gasteiger charge is -2.10. The van der Waals surface area contributed by atoms with Gasteiger partial charge in [-0.1, -0.05) is 36.8 Å². The van der Waals surface area contributed by atoms with Crippen LogP contribution in [-0.2, 0) is 4.79 Å². The summed E-state index contributed by atoms with van der Waals surface area (Å²) in [4.78, 5) is 23.6. The zero-order chi connectivity index (χ0) is 15.2. The topological polar surface area (TPSA) is 55.4 Å². The van der Waals surface area contributed by atoms with Gasteiger partial charge in [0, 0.05) is 6.42 Å². The first kappa shape index (κ1) is 14.8. The zero-order valence-corrected chi connectivity index (χ0v) is 12.1. The number of benzene rings is 2. The van der Waals surface area contributed by atoms with Crippen molar-refractivity contribution in [3.63, 3.8) is 0 Å². The van der Waals surface area contributed by atoms with Crippen molar-refractivity contribution < 1.29 is 14.3 Å². The molecule has 0 unspecified atom stereocenters. The van der Waals surface area contributed by atoms with Gasteiger partial charge in [0.2, 0.25) is 5.91 Å². The molecule has 0 saturated heterocycles. The van der Waals surface area contributed by atoms with Crippen molar-refractivity contribution >= 4 is 17.6 Å². The van der Waals surface area contributed by atoms with Crippen LogP contribution in [0.2, 0.25) is 0 Å². The normalized spacial score (nSPS) is 10.0. The molecule has 0 bridgehead atoms. The summed E-state index contributed by atoms with van der Waals surface area (Å²) in [7, 11) is 0. The average molecular weight is 283 g/mol. The van der Waals surface area contributed by atoms with Crippen molar-refractivity contribution in [3.8, 4) is 5.75 Å². The highest BCUT2D eigenvalue weighted by molar-refractivity contribution is 5.95. The molecule has 0 radical (unpaired) electrons. The third kappa shape index (κ3) is 3.92. The first-order valence-corrected chi connectivity index (χ1v) is 6.78. The van der Waals surface area contributed by atoms with E-state index in [2.05, 4.69) is 5.32 Å². The molecule has 2 aromatic rings. The average Bonchev–Trinajstić information content (AvgIpc) is 2.49. The maximum absolute atomic E-state index is 12.1. The Morgan fingerprint density at radius 3 is 2.38 bits per heavy atom. The van der Waals surface area contributed by atoms with Crippen LogP contribution in [0.1, 0.15) is 29.3 Å². The Kier molecular flexibility index (Phi) is 4.72. The third-order valence-electron chi connectivity index (χ3n) is 2.97. The highest BCUT2D eigenvalue weighted by Gasteiger charge is 2.12. The Labute approximate surface area is 123 Å². The molecule has 0 aliphatic heterocycles. The van der Waals surface area contributed by atoms with Crippen molar-refractivity contribution in [1.29, 1.82) is 0 Å². The van der Waals surface area contributed by atoms with Crippen molar-refractivity contribution in [2.75, 3.05) is 5.32 Å². The number of carbonyl (C=O) groups excluding carboxylic acids is 2. The molecule has 0 aliphatic rings. The number of nitrogens with one attached hydrogen (secondary N) is 1. The van der Waals surface area contributed by atoms with Crippen LogP contribution >= 0.6 is 0 Å². The van der Waals surface area contributed by atoms with Gasteiger partial charge in [0.15, 0.2) is 5.75 Å². The second-order valence-electron chi connectivity index (χ2n) is 4.65. The van der Waals surface area contributed by atoms with Gasteiger partial charge in [-0.25, -0.2) is 4.79 Å². The van der Waals surface area contributed by atoms with E-state index in [1.165, 1.54) is 0 Å². The minimum absolute atomic E-state index is 0.131. The van der Waals surface area contributed by atoms with Gasteiger partial charge in [0.1, 0.15) is 0 Å². The monoisotopic (exact) mass is 283 g/mol. The summed E-state index contributed by atoms with van der Waals surface area (Å²) < 4.78 is 5.36. The summed E-state index contributed by atoms with van der Waals surface area (Å²) in [5.74, 6) is -0.244. The van der Waals surface area contributed by atoms with Crippen LogP contribution in [0.25, 0.3) is 0 Å². The highest BCUT2D eigenvalue weighted by atomic mass is 16.5. The van der Waals surface area contributed by atoms with Gasteiger partial charge in [-0.2, -0.15) is 0 Å². The van der Waals surface area contributed by atoms with Crippen molar-refractivity contribution in [3.05, 3.63) is 59.7 Å². The van der Waals surface area contributed by atoms with Gasteiger partial charge >= 0.3 is 5.97 Å². The van der Waals surface area contributed by atoms with E-state index < -0.39 is 5.97 Å². The predicted molar refractivity (Wildman–Crippen MR) is 81.5 cm³/mol. The molecule has 21 heavy (non-hydrogen) atoms. The lowest BCUT2D eigenvalue weighted by Crippen LogP contribution is -2.13. The van der Waals surface area contributed by atoms with Crippen LogP contribution in [0.5, 0.6) is 5.75 Å². The number of carbonyl (C=O) groups is 2. The summed E-state index contributed by atoms with van der Waals surface area (Å²) in [5.41, 5.74) is 2.03. The Bertz CT molecular complexity index is 647. The Hall–Kier alpha value is -2.62. The number of ether oxygens (including phenoxy) is 1. The van der Waals surface area contributed by atoms with Crippen LogP contribution < -0.4 is 10.1 Å². The van der Waals surface area contributed by atoms with Crippen LogP contribution in [0, 0.1) is 6.92 Å². The molecule has 0 spiro atoms. The molecule has 108 valence electrons. The van der Waals surface area contributed by atoms with Crippen LogP contribution in [0.3, 0.4) is 0 Å². The zero-order valence-electron chi connectivity index (χ0n) is 12.1. The molecule has 2 rings (SSSR count). The van der Waals surface area contributed by atoms with Gasteiger partial charge < -0.3 is 10.1 Å². The summed E-state index contributed by atoms with van der Waals surface area (Å²) >= 11 is 0. The molecule has 0 heterocycles. The molecule has 0 saturated carbocycles. The van der Waals surface area contributed by atoms with Crippen LogP contribution in [0.15, 0.2) is 48.5 Å². The molecule has 2 aromatic carbocycles. The first-order chi connectivity index (χ1) is 10.1. The second-order valence-corrected chi connectivity index (χ2v) is 4.65. The smallest absolute Gasteiger partial charge is 0.343 e. The fraction of sp³-hybridized carbons (Fsp3) is 0.176. The molecule has 0 atom stereocenters. The predicted octanol–water partition coefficient (Wildman–Crippen LogP) is 3.56. The van der Waals surface area contributed by atoms with Gasteiger partial charge in [-0.15, -0.1) is 0 Å². The number of hydrogen-bond donors (Lipinski definition) is 1. The Balaban J connectivity index is 2.17. The molecule has 0 aliphatic carbocycles. The van der Waals surface area contributed by atoms with E-state index in [0.717, 1.165) is 5.56 Å². The highest BCUT2D eigenvalue weighted by Crippen LogP contribution is 2.25. The molecular weight excluding hydrogens is 266 g/mol. The SMILES string of the molecule is CCC(=O)Nc1ccccc1OC(=O)c1ccc(C)cc1. The molecule has 4 heteroatoms. The quantitative estimate of drug-likeness (QED) is 0.689. The summed E-state index contributed by atoms with van der Waals surface area (Å²) in [5, 5.41) is 2.71. The standard InChI is InChI=1S/C17H17NO3/c1-3-16(19)18-14-6-4-5-7-15(14)21-17(20)13-10-8-12(2)9-11-13/h4-11H,3H2,1-2H3,(H,18,19). The maximum atomic E-state index is 12.1. The maximum Gasteiger partial charge on any atom is 0.343 e. The van der Waals surface area contributed by atoms with Crippen molar-refractivity contribution in [2.45, 2.75) is 20.3 Å². The lowest BCUT2D eigenvalue weighted by molar-refractivity contribution is -0.115. The van der Waals surface area contributed by atoms with Crippen LogP contribution in [0.4, 0.5) is 5.69 Å². The van der Waals surface area contributed by atoms with Gasteiger partial charge in [0.25, 0.3) is 0 Å². The number of hydrogen-bond acceptors (Lipinski definition) is 3. The Morgan fingerprint density at radius 1 is 1.05 bits per heavy atom. The number of rotatable bonds is 4. The van der Waals surface area contributed by atoms with E-state index in [1.807, 2.05) is 19.1 Å². The summed E-state index contributed by atoms with van der Waals surface area (Å²) in [6.45, 7) is 3.71. The van der Waals surface area contributed by atoms with Crippen molar-refractivity contribution in [1.82, 2.24) is 0 Å². The molecular formula is C17H17NO3. The lowest BCUT2D eigenvalue weighted by atomic mass is 10.1. The van der Waals surface area contributed by atoms with Gasteiger partial charge in [0.05, 0.1) is 11.3 Å². The molecule has 4 nitrogen and oxygen atoms in total. The summed E-state index contributed by atoms with van der Waals surface area (Å²) in [6.07, 6.45) is 0.361. The fourth-order valence-electron chi connectivity index (χ4n) is 1.75. The minimum atomic E-state index is -0.451. The second kappa shape index (κ2) is 6.70. The van der Waals surface area contributed by atoms with Crippen molar-refractivity contribution in [2.24, 2.45) is 0 Å². The van der Waals surface area contributed by atoms with E-state index in [-0.39, 0.29) is 5.91 Å². The van der Waals surface area contributed by atoms with E-state index in [4.69, 9.17) is 4.74 Å². The van der Waals surface area contributed by atoms with E-state index in [9.17, 15) is 9.59 Å². The summed E-state index contributed by atoms with van der Waals surface area (Å²) in [6, 6.07) is 14.0. The molecule has 0 aromatic heterocycles. The number of anilines is 1. The number of para-hydroxylation sites is 2. The van der Waals surface area contributed by atoms with E-state index in [0.29, 0.717) is 23.4 Å². The van der Waals surface area contributed by atoms with E-state index >= 15 is 0 Å². The fourth-order valence-corrected chi connectivity index (χ4v) is 1.75. The molecule has 1 N–H and O–H groups in total. The third-order valence-corrected chi connectivity index (χ3v) is 2.97. The number of amides is 1. The minimum Gasteiger partial charge on any atom is -0.421 e. The van der Waals surface area contributed by atoms with Gasteiger partial charge in [-0.3, -0.25) is 4.79 Å².